The largest absolute Gasteiger partial charge is 0.381 e. The second-order valence-corrected chi connectivity index (χ2v) is 2.45. The highest BCUT2D eigenvalue weighted by atomic mass is 16.5. The van der Waals surface area contributed by atoms with Crippen molar-refractivity contribution in [3.05, 3.63) is 6.42 Å². The Labute approximate surface area is 62.5 Å². The highest BCUT2D eigenvalue weighted by molar-refractivity contribution is 4.79. The van der Waals surface area contributed by atoms with Crippen LogP contribution in [-0.4, -0.2) is 25.9 Å². The SMILES string of the molecule is CCOC[CH]C1CCCO1. The summed E-state index contributed by atoms with van der Waals surface area (Å²) in [4.78, 5) is 0. The summed E-state index contributed by atoms with van der Waals surface area (Å²) in [6.07, 6.45) is 4.85. The van der Waals surface area contributed by atoms with E-state index in [9.17, 15) is 0 Å². The van der Waals surface area contributed by atoms with Gasteiger partial charge in [-0.25, -0.2) is 0 Å². The predicted octanol–water partition coefficient (Wildman–Crippen LogP) is 1.41. The third-order valence-electron chi connectivity index (χ3n) is 1.65. The van der Waals surface area contributed by atoms with Gasteiger partial charge < -0.3 is 9.47 Å². The Morgan fingerprint density at radius 3 is 3.20 bits per heavy atom. The topological polar surface area (TPSA) is 18.5 Å². The van der Waals surface area contributed by atoms with Crippen molar-refractivity contribution < 1.29 is 9.47 Å². The summed E-state index contributed by atoms with van der Waals surface area (Å²) >= 11 is 0. The first-order valence-electron chi connectivity index (χ1n) is 3.96. The first-order chi connectivity index (χ1) is 4.93. The van der Waals surface area contributed by atoms with E-state index in [1.54, 1.807) is 0 Å². The molecule has 0 amide bonds. The molecule has 0 aromatic carbocycles. The van der Waals surface area contributed by atoms with Gasteiger partial charge in [-0.05, 0) is 19.8 Å². The molecule has 1 radical (unpaired) electrons. The molecule has 10 heavy (non-hydrogen) atoms. The van der Waals surface area contributed by atoms with Crippen LogP contribution in [0.25, 0.3) is 0 Å². The van der Waals surface area contributed by atoms with Crippen LogP contribution in [0.3, 0.4) is 0 Å². The molecule has 2 nitrogen and oxygen atoms in total. The normalized spacial score (nSPS) is 25.5. The lowest BCUT2D eigenvalue weighted by Gasteiger charge is -2.07. The van der Waals surface area contributed by atoms with Crippen LogP contribution in [0.5, 0.6) is 0 Å². The van der Waals surface area contributed by atoms with E-state index in [4.69, 9.17) is 9.47 Å². The van der Waals surface area contributed by atoms with E-state index in [0.717, 1.165) is 19.8 Å². The molecule has 1 saturated heterocycles. The fraction of sp³-hybridized carbons (Fsp3) is 0.875. The lowest BCUT2D eigenvalue weighted by atomic mass is 10.2. The Morgan fingerprint density at radius 1 is 1.70 bits per heavy atom. The van der Waals surface area contributed by atoms with Gasteiger partial charge in [-0.1, -0.05) is 0 Å². The molecule has 1 atom stereocenters. The van der Waals surface area contributed by atoms with Crippen molar-refractivity contribution in [1.82, 2.24) is 0 Å². The molecular weight excluding hydrogens is 128 g/mol. The zero-order valence-corrected chi connectivity index (χ0v) is 6.51. The predicted molar refractivity (Wildman–Crippen MR) is 39.8 cm³/mol. The maximum Gasteiger partial charge on any atom is 0.0630 e. The smallest absolute Gasteiger partial charge is 0.0630 e. The van der Waals surface area contributed by atoms with Gasteiger partial charge >= 0.3 is 0 Å². The van der Waals surface area contributed by atoms with Crippen molar-refractivity contribution >= 4 is 0 Å². The summed E-state index contributed by atoms with van der Waals surface area (Å²) in [5, 5.41) is 0. The van der Waals surface area contributed by atoms with Crippen LogP contribution in [0, 0.1) is 6.42 Å². The van der Waals surface area contributed by atoms with E-state index >= 15 is 0 Å². The van der Waals surface area contributed by atoms with Crippen LogP contribution in [0.2, 0.25) is 0 Å². The van der Waals surface area contributed by atoms with Crippen molar-refractivity contribution in [2.75, 3.05) is 19.8 Å². The Morgan fingerprint density at radius 2 is 2.60 bits per heavy atom. The molecule has 0 spiro atoms. The fourth-order valence-electron chi connectivity index (χ4n) is 1.08. The minimum atomic E-state index is 0.367. The average molecular weight is 143 g/mol. The molecule has 1 aliphatic heterocycles. The molecule has 1 unspecified atom stereocenters. The molecular formula is C8H15O2. The van der Waals surface area contributed by atoms with E-state index in [2.05, 4.69) is 6.42 Å². The minimum absolute atomic E-state index is 0.367. The average Bonchev–Trinajstić information content (AvgIpc) is 2.41. The minimum Gasteiger partial charge on any atom is -0.381 e. The van der Waals surface area contributed by atoms with Crippen molar-refractivity contribution in [3.63, 3.8) is 0 Å². The van der Waals surface area contributed by atoms with Crippen molar-refractivity contribution in [2.24, 2.45) is 0 Å². The van der Waals surface area contributed by atoms with Crippen LogP contribution >= 0.6 is 0 Å². The first kappa shape index (κ1) is 8.02. The van der Waals surface area contributed by atoms with Gasteiger partial charge in [0.2, 0.25) is 0 Å². The van der Waals surface area contributed by atoms with Crippen LogP contribution < -0.4 is 0 Å². The number of hydrogen-bond donors (Lipinski definition) is 0. The van der Waals surface area contributed by atoms with Gasteiger partial charge in [-0.3, -0.25) is 0 Å². The summed E-state index contributed by atoms with van der Waals surface area (Å²) in [7, 11) is 0. The van der Waals surface area contributed by atoms with Gasteiger partial charge in [0.1, 0.15) is 0 Å². The summed E-state index contributed by atoms with van der Waals surface area (Å²) < 4.78 is 10.5. The van der Waals surface area contributed by atoms with Gasteiger partial charge in [-0.15, -0.1) is 0 Å². The van der Waals surface area contributed by atoms with Crippen LogP contribution in [0.4, 0.5) is 0 Å². The zero-order chi connectivity index (χ0) is 7.23. The van der Waals surface area contributed by atoms with Crippen molar-refractivity contribution in [2.45, 2.75) is 25.9 Å². The molecule has 1 rings (SSSR count). The monoisotopic (exact) mass is 143 g/mol. The maximum atomic E-state index is 5.36. The maximum absolute atomic E-state index is 5.36. The zero-order valence-electron chi connectivity index (χ0n) is 6.51. The summed E-state index contributed by atoms with van der Waals surface area (Å²) in [6, 6.07) is 0. The molecule has 0 aromatic heterocycles. The van der Waals surface area contributed by atoms with Gasteiger partial charge in [-0.2, -0.15) is 0 Å². The molecule has 0 N–H and O–H groups in total. The fourth-order valence-corrected chi connectivity index (χ4v) is 1.08. The van der Waals surface area contributed by atoms with E-state index in [0.29, 0.717) is 6.10 Å². The highest BCUT2D eigenvalue weighted by Crippen LogP contribution is 2.13. The molecule has 0 aliphatic carbocycles. The Kier molecular flexibility index (Phi) is 3.76. The van der Waals surface area contributed by atoms with Crippen LogP contribution in [-0.2, 0) is 9.47 Å². The van der Waals surface area contributed by atoms with Gasteiger partial charge in [0.25, 0.3) is 0 Å². The lowest BCUT2D eigenvalue weighted by molar-refractivity contribution is 0.102. The van der Waals surface area contributed by atoms with Gasteiger partial charge in [0.05, 0.1) is 12.7 Å². The van der Waals surface area contributed by atoms with Crippen molar-refractivity contribution in [1.29, 1.82) is 0 Å². The summed E-state index contributed by atoms with van der Waals surface area (Å²) in [5.74, 6) is 0. The molecule has 1 fully saturated rings. The first-order valence-corrected chi connectivity index (χ1v) is 3.96. The lowest BCUT2D eigenvalue weighted by Crippen LogP contribution is -2.09. The molecule has 0 bridgehead atoms. The standard InChI is InChI=1S/C8H15O2/c1-2-9-7-5-8-4-3-6-10-8/h5,8H,2-4,6-7H2,1H3. The second kappa shape index (κ2) is 4.69. The molecule has 0 aromatic rings. The third-order valence-corrected chi connectivity index (χ3v) is 1.65. The van der Waals surface area contributed by atoms with Crippen molar-refractivity contribution in [3.8, 4) is 0 Å². The molecule has 1 aliphatic rings. The van der Waals surface area contributed by atoms with Gasteiger partial charge in [0.15, 0.2) is 0 Å². The highest BCUT2D eigenvalue weighted by Gasteiger charge is 2.14. The molecule has 0 saturated carbocycles. The molecule has 2 heteroatoms. The van der Waals surface area contributed by atoms with Crippen LogP contribution in [0.15, 0.2) is 0 Å². The second-order valence-electron chi connectivity index (χ2n) is 2.45. The van der Waals surface area contributed by atoms with E-state index < -0.39 is 0 Å². The quantitative estimate of drug-likeness (QED) is 0.554. The van der Waals surface area contributed by atoms with E-state index in [1.807, 2.05) is 6.92 Å². The summed E-state index contributed by atoms with van der Waals surface area (Å²) in [5.41, 5.74) is 0. The number of hydrogen-bond acceptors (Lipinski definition) is 2. The van der Waals surface area contributed by atoms with Gasteiger partial charge in [0, 0.05) is 19.6 Å². The van der Waals surface area contributed by atoms with E-state index in [-0.39, 0.29) is 0 Å². The van der Waals surface area contributed by atoms with Crippen LogP contribution in [0.1, 0.15) is 19.8 Å². The number of ether oxygens (including phenoxy) is 2. The Bertz CT molecular complexity index is 77.3. The summed E-state index contributed by atoms with van der Waals surface area (Å²) in [6.45, 7) is 4.46. The molecule has 1 heterocycles. The number of rotatable bonds is 4. The Balaban J connectivity index is 1.91. The van der Waals surface area contributed by atoms with E-state index in [1.165, 1.54) is 12.8 Å². The third kappa shape index (κ3) is 2.67. The molecule has 59 valence electrons. The Hall–Kier alpha value is -0.0800.